The van der Waals surface area contributed by atoms with E-state index in [0.29, 0.717) is 24.0 Å². The minimum atomic E-state index is -1.79. The summed E-state index contributed by atoms with van der Waals surface area (Å²) in [5.74, 6) is -0.236. The molecule has 1 aliphatic rings. The molecule has 1 unspecified atom stereocenters. The molecule has 0 saturated carbocycles. The number of fused-ring (bicyclic) bond motifs is 1. The molecule has 0 saturated heterocycles. The average Bonchev–Trinajstić information content (AvgIpc) is 3.33. The second kappa shape index (κ2) is 15.1. The Morgan fingerprint density at radius 2 is 1.54 bits per heavy atom. The molecule has 4 N–H and O–H groups in total. The van der Waals surface area contributed by atoms with Crippen molar-refractivity contribution in [1.82, 2.24) is 0 Å². The Balaban J connectivity index is 0.000000372. The number of aliphatic hydroxyl groups is 1. The summed E-state index contributed by atoms with van der Waals surface area (Å²) in [5.41, 5.74) is 4.32. The topological polar surface area (TPSA) is 124 Å². The van der Waals surface area contributed by atoms with Gasteiger partial charge in [-0.15, -0.1) is 0 Å². The van der Waals surface area contributed by atoms with E-state index >= 15 is 0 Å². The third-order valence-corrected chi connectivity index (χ3v) is 6.05. The average molecular weight is 529 g/mol. The Morgan fingerprint density at radius 3 is 2.15 bits per heavy atom. The van der Waals surface area contributed by atoms with Crippen LogP contribution in [0.25, 0.3) is 0 Å². The number of carbonyl (C=O) groups is 2. The summed E-state index contributed by atoms with van der Waals surface area (Å²) in [4.78, 5) is 22.9. The van der Waals surface area contributed by atoms with E-state index in [9.17, 15) is 29.8 Å². The normalized spacial score (nSPS) is 12.1. The monoisotopic (exact) mass is 529 g/mol. The standard InChI is InChI=1S/C14H11BO4.C14H13BO3.B.Na.H/c16-9-12-7-6-11(8-13(12)15(18)19)14(17)10-4-2-1-3-5-10;16-14(10-4-2-1-3-5-10)11-6-7-12-9-18-15(17)13(12)8-11;;;/h1-9,18-19H;1-8,14,16-17H,9H2;;;/q;;;+1;-1. The van der Waals surface area contributed by atoms with Crippen LogP contribution in [0.4, 0.5) is 0 Å². The van der Waals surface area contributed by atoms with Crippen LogP contribution >= 0.6 is 0 Å². The number of aliphatic hydroxyl groups excluding tert-OH is 1. The van der Waals surface area contributed by atoms with Crippen LogP contribution in [-0.2, 0) is 11.3 Å². The minimum absolute atomic E-state index is 0. The molecule has 5 rings (SSSR count). The van der Waals surface area contributed by atoms with E-state index in [1.807, 2.05) is 48.5 Å². The van der Waals surface area contributed by atoms with Crippen LogP contribution in [0.5, 0.6) is 0 Å². The zero-order valence-corrected chi connectivity index (χ0v) is 23.3. The smallest absolute Gasteiger partial charge is 1.00 e. The van der Waals surface area contributed by atoms with E-state index in [2.05, 4.69) is 0 Å². The first-order chi connectivity index (χ1) is 17.9. The van der Waals surface area contributed by atoms with Gasteiger partial charge in [-0.25, -0.2) is 0 Å². The number of hydrogen-bond donors (Lipinski definition) is 4. The predicted octanol–water partition coefficient (Wildman–Crippen LogP) is -1.87. The fourth-order valence-corrected chi connectivity index (χ4v) is 4.03. The van der Waals surface area contributed by atoms with Crippen molar-refractivity contribution in [1.29, 1.82) is 0 Å². The second-order valence-corrected chi connectivity index (χ2v) is 8.47. The van der Waals surface area contributed by atoms with Crippen LogP contribution in [0.2, 0.25) is 0 Å². The molecule has 0 amide bonds. The molecular formula is C28H25B3NaO7. The van der Waals surface area contributed by atoms with Gasteiger partial charge in [0.2, 0.25) is 0 Å². The van der Waals surface area contributed by atoms with Crippen molar-refractivity contribution < 1.29 is 65.4 Å². The summed E-state index contributed by atoms with van der Waals surface area (Å²) < 4.78 is 5.14. The van der Waals surface area contributed by atoms with Crippen LogP contribution in [0.1, 0.15) is 50.5 Å². The molecule has 0 fully saturated rings. The first-order valence-electron chi connectivity index (χ1n) is 11.6. The van der Waals surface area contributed by atoms with Crippen LogP contribution < -0.4 is 40.5 Å². The minimum Gasteiger partial charge on any atom is -1.00 e. The fraction of sp³-hybridized carbons (Fsp3) is 0.0714. The van der Waals surface area contributed by atoms with Crippen molar-refractivity contribution in [3.63, 3.8) is 0 Å². The molecule has 39 heavy (non-hydrogen) atoms. The van der Waals surface area contributed by atoms with Gasteiger partial charge in [-0.05, 0) is 27.6 Å². The number of hydrogen-bond acceptors (Lipinski definition) is 7. The maximum atomic E-state index is 12.2. The molecule has 3 radical (unpaired) electrons. The molecule has 7 nitrogen and oxygen atoms in total. The third-order valence-electron chi connectivity index (χ3n) is 6.05. The molecule has 0 spiro atoms. The molecule has 11 heteroatoms. The summed E-state index contributed by atoms with van der Waals surface area (Å²) in [5, 5.41) is 38.3. The zero-order chi connectivity index (χ0) is 26.4. The van der Waals surface area contributed by atoms with Crippen molar-refractivity contribution in [2.75, 3.05) is 0 Å². The number of ketones is 1. The number of carbonyl (C=O) groups excluding carboxylic acids is 2. The van der Waals surface area contributed by atoms with E-state index in [0.717, 1.165) is 22.2 Å². The van der Waals surface area contributed by atoms with Crippen molar-refractivity contribution in [2.24, 2.45) is 0 Å². The van der Waals surface area contributed by atoms with E-state index in [-0.39, 0.29) is 56.2 Å². The van der Waals surface area contributed by atoms with Crippen LogP contribution in [0, 0.1) is 0 Å². The van der Waals surface area contributed by atoms with Crippen molar-refractivity contribution >= 4 is 45.6 Å². The molecule has 0 bridgehead atoms. The summed E-state index contributed by atoms with van der Waals surface area (Å²) in [6.45, 7) is 0.429. The van der Waals surface area contributed by atoms with Gasteiger partial charge in [0.25, 0.3) is 0 Å². The zero-order valence-electron chi connectivity index (χ0n) is 22.3. The van der Waals surface area contributed by atoms with E-state index in [1.54, 1.807) is 30.3 Å². The molecule has 0 aromatic heterocycles. The SMILES string of the molecule is O=Cc1ccc(C(=O)c2ccccc2)cc1B(O)O.OB1OCc2ccc(C(O)c3ccccc3)cc21.[B].[H-].[Na+]. The molecular weight excluding hydrogens is 504 g/mol. The van der Waals surface area contributed by atoms with Crippen LogP contribution in [0.15, 0.2) is 97.1 Å². The summed E-state index contributed by atoms with van der Waals surface area (Å²) in [6.07, 6.45) is -0.157. The third kappa shape index (κ3) is 7.88. The van der Waals surface area contributed by atoms with Crippen molar-refractivity contribution in [3.05, 3.63) is 130 Å². The first kappa shape index (κ1) is 32.4. The summed E-state index contributed by atoms with van der Waals surface area (Å²) >= 11 is 0. The maximum Gasteiger partial charge on any atom is 1.00 e. The van der Waals surface area contributed by atoms with Gasteiger partial charge in [-0.1, -0.05) is 97.1 Å². The van der Waals surface area contributed by atoms with Gasteiger partial charge in [0.15, 0.2) is 5.78 Å². The Morgan fingerprint density at radius 1 is 0.897 bits per heavy atom. The molecule has 0 aliphatic carbocycles. The van der Waals surface area contributed by atoms with Gasteiger partial charge in [0.05, 0.1) is 6.61 Å². The maximum absolute atomic E-state index is 12.2. The molecule has 1 aliphatic heterocycles. The predicted molar refractivity (Wildman–Crippen MR) is 148 cm³/mol. The van der Waals surface area contributed by atoms with Gasteiger partial charge in [-0.2, -0.15) is 0 Å². The number of benzene rings is 4. The molecule has 4 aromatic rings. The van der Waals surface area contributed by atoms with Gasteiger partial charge < -0.3 is 26.3 Å². The van der Waals surface area contributed by atoms with Crippen LogP contribution in [-0.4, -0.2) is 54.9 Å². The fourth-order valence-electron chi connectivity index (χ4n) is 4.03. The largest absolute Gasteiger partial charge is 1.00 e. The number of rotatable bonds is 6. The molecule has 189 valence electrons. The molecule has 1 heterocycles. The van der Waals surface area contributed by atoms with Gasteiger partial charge >= 0.3 is 43.8 Å². The van der Waals surface area contributed by atoms with Gasteiger partial charge in [-0.3, -0.25) is 9.59 Å². The Bertz CT molecular complexity index is 1400. The Labute approximate surface area is 253 Å². The summed E-state index contributed by atoms with van der Waals surface area (Å²) in [6, 6.07) is 27.9. The molecule has 4 aromatic carbocycles. The number of aldehydes is 1. The van der Waals surface area contributed by atoms with E-state index in [1.165, 1.54) is 18.2 Å². The molecule has 1 atom stereocenters. The Hall–Kier alpha value is -2.79. The Kier molecular flexibility index (Phi) is 12.6. The summed E-state index contributed by atoms with van der Waals surface area (Å²) in [7, 11) is -2.66. The first-order valence-corrected chi connectivity index (χ1v) is 11.6. The second-order valence-electron chi connectivity index (χ2n) is 8.47. The quantitative estimate of drug-likeness (QED) is 0.131. The van der Waals surface area contributed by atoms with Crippen molar-refractivity contribution in [3.8, 4) is 0 Å². The van der Waals surface area contributed by atoms with Crippen molar-refractivity contribution in [2.45, 2.75) is 12.7 Å². The van der Waals surface area contributed by atoms with E-state index in [4.69, 9.17) is 4.65 Å². The van der Waals surface area contributed by atoms with Crippen LogP contribution in [0.3, 0.4) is 0 Å². The van der Waals surface area contributed by atoms with Gasteiger partial charge in [0.1, 0.15) is 12.4 Å². The van der Waals surface area contributed by atoms with Gasteiger partial charge in [0, 0.05) is 25.1 Å². The van der Waals surface area contributed by atoms with E-state index < -0.39 is 20.3 Å².